The molecule has 1 rings (SSSR count). The highest BCUT2D eigenvalue weighted by molar-refractivity contribution is 5.94. The van der Waals surface area contributed by atoms with E-state index in [2.05, 4.69) is 5.32 Å². The molecular weight excluding hydrogens is 245 g/mol. The fourth-order valence-electron chi connectivity index (χ4n) is 1.33. The lowest BCUT2D eigenvalue weighted by Crippen LogP contribution is -2.40. The minimum absolute atomic E-state index is 0.0118. The highest BCUT2D eigenvalue weighted by Gasteiger charge is 2.21. The van der Waals surface area contributed by atoms with Crippen LogP contribution < -0.4 is 11.1 Å². The van der Waals surface area contributed by atoms with Gasteiger partial charge < -0.3 is 11.1 Å². The van der Waals surface area contributed by atoms with E-state index in [9.17, 15) is 18.0 Å². The Morgan fingerprint density at radius 1 is 1.28 bits per heavy atom. The molecule has 0 heterocycles. The van der Waals surface area contributed by atoms with Gasteiger partial charge >= 0.3 is 0 Å². The average Bonchev–Trinajstić information content (AvgIpc) is 2.34. The fraction of sp³-hybridized carbons (Fsp3) is 0.417. The van der Waals surface area contributed by atoms with Crippen molar-refractivity contribution in [2.75, 3.05) is 6.54 Å². The molecule has 0 aliphatic rings. The van der Waals surface area contributed by atoms with Gasteiger partial charge in [-0.2, -0.15) is 0 Å². The Kier molecular flexibility index (Phi) is 4.72. The largest absolute Gasteiger partial charge is 0.349 e. The molecule has 1 amide bonds. The molecule has 0 saturated carbocycles. The van der Waals surface area contributed by atoms with E-state index >= 15 is 0 Å². The van der Waals surface area contributed by atoms with Crippen molar-refractivity contribution < 1.29 is 18.0 Å². The molecule has 6 heteroatoms. The molecule has 100 valence electrons. The third kappa shape index (κ3) is 3.01. The molecule has 0 aliphatic heterocycles. The van der Waals surface area contributed by atoms with E-state index in [-0.39, 0.29) is 12.0 Å². The second-order valence-electron chi connectivity index (χ2n) is 4.20. The van der Waals surface area contributed by atoms with Crippen LogP contribution in [0.4, 0.5) is 13.2 Å². The highest BCUT2D eigenvalue weighted by atomic mass is 19.2. The number of benzene rings is 1. The third-order valence-corrected chi connectivity index (χ3v) is 2.86. The fourth-order valence-corrected chi connectivity index (χ4v) is 1.33. The van der Waals surface area contributed by atoms with Crippen LogP contribution in [0.25, 0.3) is 0 Å². The Hall–Kier alpha value is -1.56. The summed E-state index contributed by atoms with van der Waals surface area (Å²) in [6.07, 6.45) is 0. The van der Waals surface area contributed by atoms with Gasteiger partial charge in [0.15, 0.2) is 17.5 Å². The van der Waals surface area contributed by atoms with Crippen molar-refractivity contribution in [3.05, 3.63) is 35.1 Å². The molecule has 0 spiro atoms. The first-order valence-corrected chi connectivity index (χ1v) is 5.52. The van der Waals surface area contributed by atoms with Gasteiger partial charge in [0.05, 0.1) is 5.56 Å². The predicted molar refractivity (Wildman–Crippen MR) is 61.5 cm³/mol. The summed E-state index contributed by atoms with van der Waals surface area (Å²) in [6, 6.07) is 1.32. The van der Waals surface area contributed by atoms with Crippen LogP contribution in [0.1, 0.15) is 24.2 Å². The number of hydrogen-bond acceptors (Lipinski definition) is 2. The Bertz CT molecular complexity index is 451. The first-order valence-electron chi connectivity index (χ1n) is 5.52. The molecule has 3 N–H and O–H groups in total. The lowest BCUT2D eigenvalue weighted by molar-refractivity contribution is 0.0924. The number of nitrogens with two attached hydrogens (primary N) is 1. The van der Waals surface area contributed by atoms with Gasteiger partial charge in [0.25, 0.3) is 5.91 Å². The average molecular weight is 260 g/mol. The van der Waals surface area contributed by atoms with Crippen LogP contribution in [-0.4, -0.2) is 18.5 Å². The van der Waals surface area contributed by atoms with Crippen molar-refractivity contribution in [3.63, 3.8) is 0 Å². The highest BCUT2D eigenvalue weighted by Crippen LogP contribution is 2.15. The smallest absolute Gasteiger partial charge is 0.254 e. The Morgan fingerprint density at radius 3 is 2.44 bits per heavy atom. The molecule has 2 atom stereocenters. The number of carbonyl (C=O) groups excluding carboxylic acids is 1. The van der Waals surface area contributed by atoms with Crippen molar-refractivity contribution in [1.82, 2.24) is 5.32 Å². The third-order valence-electron chi connectivity index (χ3n) is 2.86. The predicted octanol–water partition coefficient (Wildman–Crippen LogP) is 1.82. The maximum absolute atomic E-state index is 13.3. The molecule has 3 nitrogen and oxygen atoms in total. The summed E-state index contributed by atoms with van der Waals surface area (Å²) in [5.41, 5.74) is 4.90. The summed E-state index contributed by atoms with van der Waals surface area (Å²) in [5.74, 6) is -5.27. The maximum Gasteiger partial charge on any atom is 0.254 e. The van der Waals surface area contributed by atoms with Crippen LogP contribution in [0.2, 0.25) is 0 Å². The molecule has 0 saturated heterocycles. The van der Waals surface area contributed by atoms with Crippen LogP contribution in [-0.2, 0) is 0 Å². The number of carbonyl (C=O) groups is 1. The summed E-state index contributed by atoms with van der Waals surface area (Å²) in [7, 11) is 0. The lowest BCUT2D eigenvalue weighted by Gasteiger charge is -2.19. The van der Waals surface area contributed by atoms with Crippen LogP contribution in [0.15, 0.2) is 12.1 Å². The normalized spacial score (nSPS) is 14.1. The second kappa shape index (κ2) is 5.86. The van der Waals surface area contributed by atoms with Crippen LogP contribution in [0, 0.1) is 23.4 Å². The summed E-state index contributed by atoms with van der Waals surface area (Å²) in [5, 5.41) is 2.49. The number of amides is 1. The summed E-state index contributed by atoms with van der Waals surface area (Å²) >= 11 is 0. The van der Waals surface area contributed by atoms with Gasteiger partial charge in [-0.1, -0.05) is 6.92 Å². The summed E-state index contributed by atoms with van der Waals surface area (Å²) in [4.78, 5) is 11.7. The Morgan fingerprint density at radius 2 is 1.89 bits per heavy atom. The van der Waals surface area contributed by atoms with Gasteiger partial charge in [-0.15, -0.1) is 0 Å². The standard InChI is InChI=1S/C12H15F3N2O/c1-6(5-16)7(2)17-12(18)8-3-4-9(13)11(15)10(8)14/h3-4,6-7H,5,16H2,1-2H3,(H,17,18). The SMILES string of the molecule is CC(CN)C(C)NC(=O)c1ccc(F)c(F)c1F. The van der Waals surface area contributed by atoms with Gasteiger partial charge in [-0.05, 0) is 31.5 Å². The molecule has 0 aliphatic carbocycles. The van der Waals surface area contributed by atoms with Crippen molar-refractivity contribution in [2.24, 2.45) is 11.7 Å². The zero-order chi connectivity index (χ0) is 13.9. The Balaban J connectivity index is 2.89. The van der Waals surface area contributed by atoms with E-state index in [1.165, 1.54) is 0 Å². The number of halogens is 3. The molecule has 18 heavy (non-hydrogen) atoms. The molecule has 1 aromatic carbocycles. The van der Waals surface area contributed by atoms with Crippen LogP contribution in [0.5, 0.6) is 0 Å². The van der Waals surface area contributed by atoms with Gasteiger partial charge in [0.2, 0.25) is 0 Å². The monoisotopic (exact) mass is 260 g/mol. The van der Waals surface area contributed by atoms with E-state index in [1.807, 2.05) is 6.92 Å². The van der Waals surface area contributed by atoms with E-state index in [1.54, 1.807) is 6.92 Å². The first-order chi connectivity index (χ1) is 8.38. The van der Waals surface area contributed by atoms with Crippen molar-refractivity contribution >= 4 is 5.91 Å². The molecule has 0 bridgehead atoms. The van der Waals surface area contributed by atoms with E-state index in [0.29, 0.717) is 12.6 Å². The number of rotatable bonds is 4. The van der Waals surface area contributed by atoms with Gasteiger partial charge in [0.1, 0.15) is 0 Å². The van der Waals surface area contributed by atoms with Gasteiger partial charge in [-0.25, -0.2) is 13.2 Å². The van der Waals surface area contributed by atoms with E-state index < -0.39 is 28.9 Å². The minimum Gasteiger partial charge on any atom is -0.349 e. The minimum atomic E-state index is -1.65. The van der Waals surface area contributed by atoms with E-state index in [0.717, 1.165) is 6.07 Å². The molecule has 0 aromatic heterocycles. The topological polar surface area (TPSA) is 55.1 Å². The zero-order valence-electron chi connectivity index (χ0n) is 10.1. The van der Waals surface area contributed by atoms with Gasteiger partial charge in [-0.3, -0.25) is 4.79 Å². The Labute approximate surface area is 103 Å². The van der Waals surface area contributed by atoms with Crippen LogP contribution in [0.3, 0.4) is 0 Å². The first kappa shape index (κ1) is 14.5. The summed E-state index contributed by atoms with van der Waals surface area (Å²) in [6.45, 7) is 3.86. The maximum atomic E-state index is 13.3. The van der Waals surface area contributed by atoms with Gasteiger partial charge in [0, 0.05) is 6.04 Å². The quantitative estimate of drug-likeness (QED) is 0.811. The molecule has 0 radical (unpaired) electrons. The van der Waals surface area contributed by atoms with Crippen molar-refractivity contribution in [3.8, 4) is 0 Å². The lowest BCUT2D eigenvalue weighted by atomic mass is 10.0. The molecule has 2 unspecified atom stereocenters. The molecule has 1 aromatic rings. The summed E-state index contributed by atoms with van der Waals surface area (Å²) < 4.78 is 39.0. The zero-order valence-corrected chi connectivity index (χ0v) is 10.1. The number of hydrogen-bond donors (Lipinski definition) is 2. The van der Waals surface area contributed by atoms with E-state index in [4.69, 9.17) is 5.73 Å². The van der Waals surface area contributed by atoms with Crippen molar-refractivity contribution in [1.29, 1.82) is 0 Å². The second-order valence-corrected chi connectivity index (χ2v) is 4.20. The number of nitrogens with one attached hydrogen (secondary N) is 1. The molecule has 0 fully saturated rings. The molecular formula is C12H15F3N2O. The van der Waals surface area contributed by atoms with Crippen LogP contribution >= 0.6 is 0 Å². The van der Waals surface area contributed by atoms with Crippen molar-refractivity contribution in [2.45, 2.75) is 19.9 Å².